The van der Waals surface area contributed by atoms with Crippen molar-refractivity contribution >= 4 is 39.0 Å². The van der Waals surface area contributed by atoms with Crippen molar-refractivity contribution in [1.29, 1.82) is 0 Å². The van der Waals surface area contributed by atoms with Gasteiger partial charge < -0.3 is 10.1 Å². The van der Waals surface area contributed by atoms with Gasteiger partial charge in [-0.05, 0) is 34.7 Å². The van der Waals surface area contributed by atoms with Gasteiger partial charge in [0.2, 0.25) is 0 Å². The molecule has 16 heavy (non-hydrogen) atoms. The second-order valence-corrected chi connectivity index (χ2v) is 6.36. The van der Waals surface area contributed by atoms with E-state index in [4.69, 9.17) is 4.74 Å². The number of methoxy groups -OCH3 is 1. The molecule has 1 heterocycles. The van der Waals surface area contributed by atoms with E-state index < -0.39 is 0 Å². The maximum Gasteiger partial charge on any atom is 0.188 e. The van der Waals surface area contributed by atoms with E-state index in [0.717, 1.165) is 16.1 Å². The molecule has 0 radical (unpaired) electrons. The Hall–Kier alpha value is 0.290. The van der Waals surface area contributed by atoms with Gasteiger partial charge in [0.1, 0.15) is 0 Å². The molecule has 0 spiro atoms. The average molecular weight is 324 g/mol. The molecule has 0 aliphatic carbocycles. The van der Waals surface area contributed by atoms with Crippen molar-refractivity contribution in [3.63, 3.8) is 0 Å². The van der Waals surface area contributed by atoms with Crippen LogP contribution < -0.4 is 10.1 Å². The number of nitrogens with one attached hydrogen (secondary N) is 1. The molecular weight excluding hydrogens is 306 g/mol. The smallest absolute Gasteiger partial charge is 0.188 e. The van der Waals surface area contributed by atoms with E-state index in [1.807, 2.05) is 11.8 Å². The van der Waals surface area contributed by atoms with Crippen LogP contribution in [0.5, 0.6) is 5.06 Å². The predicted octanol–water partition coefficient (Wildman–Crippen LogP) is 3.75. The average Bonchev–Trinajstić information content (AvgIpc) is 2.65. The fraction of sp³-hybridized carbons (Fsp3) is 0.636. The molecule has 5 heteroatoms. The van der Waals surface area contributed by atoms with E-state index in [2.05, 4.69) is 40.5 Å². The van der Waals surface area contributed by atoms with Gasteiger partial charge in [-0.1, -0.05) is 6.92 Å². The zero-order valence-electron chi connectivity index (χ0n) is 9.88. The molecule has 92 valence electrons. The lowest BCUT2D eigenvalue weighted by atomic mass is 10.2. The first-order chi connectivity index (χ1) is 7.71. The largest absolute Gasteiger partial charge is 0.486 e. The van der Waals surface area contributed by atoms with Gasteiger partial charge in [0.05, 0.1) is 11.6 Å². The first-order valence-electron chi connectivity index (χ1n) is 5.25. The topological polar surface area (TPSA) is 21.3 Å². The van der Waals surface area contributed by atoms with Crippen molar-refractivity contribution in [2.24, 2.45) is 0 Å². The summed E-state index contributed by atoms with van der Waals surface area (Å²) in [5.74, 6) is 1.17. The van der Waals surface area contributed by atoms with Crippen LogP contribution in [-0.4, -0.2) is 25.2 Å². The second-order valence-electron chi connectivity index (χ2n) is 3.49. The van der Waals surface area contributed by atoms with Gasteiger partial charge in [-0.15, -0.1) is 11.3 Å². The lowest BCUT2D eigenvalue weighted by Gasteiger charge is -2.14. The first-order valence-corrected chi connectivity index (χ1v) is 8.26. The highest BCUT2D eigenvalue weighted by molar-refractivity contribution is 9.10. The number of hydrogen-bond acceptors (Lipinski definition) is 4. The van der Waals surface area contributed by atoms with Crippen LogP contribution in [0, 0.1) is 0 Å². The molecule has 0 aliphatic heterocycles. The lowest BCUT2D eigenvalue weighted by molar-refractivity contribution is 0.425. The van der Waals surface area contributed by atoms with Crippen molar-refractivity contribution in [3.05, 3.63) is 15.4 Å². The van der Waals surface area contributed by atoms with Crippen molar-refractivity contribution in [1.82, 2.24) is 5.32 Å². The van der Waals surface area contributed by atoms with Gasteiger partial charge in [0.15, 0.2) is 5.06 Å². The van der Waals surface area contributed by atoms with Crippen LogP contribution >= 0.6 is 39.0 Å². The quantitative estimate of drug-likeness (QED) is 0.825. The van der Waals surface area contributed by atoms with E-state index in [9.17, 15) is 0 Å². The highest BCUT2D eigenvalue weighted by Crippen LogP contribution is 2.34. The van der Waals surface area contributed by atoms with Crippen LogP contribution in [0.3, 0.4) is 0 Å². The molecule has 1 rings (SSSR count). The molecule has 2 nitrogen and oxygen atoms in total. The van der Waals surface area contributed by atoms with E-state index in [0.29, 0.717) is 6.04 Å². The van der Waals surface area contributed by atoms with Crippen LogP contribution in [0.25, 0.3) is 0 Å². The Morgan fingerprint density at radius 2 is 2.38 bits per heavy atom. The SMILES string of the molecule is CCC(CSC)NCc1cc(Br)c(OC)s1. The van der Waals surface area contributed by atoms with Crippen LogP contribution in [0.15, 0.2) is 10.5 Å². The Bertz CT molecular complexity index is 317. The minimum Gasteiger partial charge on any atom is -0.486 e. The Morgan fingerprint density at radius 3 is 2.88 bits per heavy atom. The molecule has 1 atom stereocenters. The van der Waals surface area contributed by atoms with E-state index in [-0.39, 0.29) is 0 Å². The summed E-state index contributed by atoms with van der Waals surface area (Å²) >= 11 is 7.07. The third-order valence-electron chi connectivity index (χ3n) is 2.32. The summed E-state index contributed by atoms with van der Waals surface area (Å²) in [5, 5.41) is 4.52. The highest BCUT2D eigenvalue weighted by Gasteiger charge is 2.09. The summed E-state index contributed by atoms with van der Waals surface area (Å²) in [7, 11) is 1.70. The molecule has 0 aromatic carbocycles. The molecular formula is C11H18BrNOS2. The molecule has 0 bridgehead atoms. The normalized spacial score (nSPS) is 12.8. The second kappa shape index (κ2) is 7.58. The Labute approximate surface area is 114 Å². The molecule has 0 saturated heterocycles. The Balaban J connectivity index is 2.46. The number of rotatable bonds is 7. The number of thiophene rings is 1. The zero-order chi connectivity index (χ0) is 12.0. The fourth-order valence-electron chi connectivity index (χ4n) is 1.39. The van der Waals surface area contributed by atoms with Gasteiger partial charge in [0.25, 0.3) is 0 Å². The van der Waals surface area contributed by atoms with Gasteiger partial charge >= 0.3 is 0 Å². The maximum absolute atomic E-state index is 5.25. The molecule has 1 unspecified atom stereocenters. The minimum atomic E-state index is 0.599. The van der Waals surface area contributed by atoms with Gasteiger partial charge in [-0.3, -0.25) is 0 Å². The van der Waals surface area contributed by atoms with E-state index in [1.54, 1.807) is 18.4 Å². The summed E-state index contributed by atoms with van der Waals surface area (Å²) in [6.45, 7) is 3.14. The highest BCUT2D eigenvalue weighted by atomic mass is 79.9. The standard InChI is InChI=1S/C11H18BrNOS2/c1-4-8(7-15-3)13-6-9-5-10(12)11(14-2)16-9/h5,8,13H,4,6-7H2,1-3H3. The van der Waals surface area contributed by atoms with Crippen LogP contribution in [0.4, 0.5) is 0 Å². The van der Waals surface area contributed by atoms with Crippen molar-refractivity contribution in [2.45, 2.75) is 25.9 Å². The van der Waals surface area contributed by atoms with Crippen LogP contribution in [0.1, 0.15) is 18.2 Å². The predicted molar refractivity (Wildman–Crippen MR) is 77.9 cm³/mol. The summed E-state index contributed by atoms with van der Waals surface area (Å²) < 4.78 is 6.30. The van der Waals surface area contributed by atoms with Gasteiger partial charge in [-0.25, -0.2) is 0 Å². The lowest BCUT2D eigenvalue weighted by Crippen LogP contribution is -2.29. The third-order valence-corrected chi connectivity index (χ3v) is 5.00. The molecule has 0 amide bonds. The molecule has 1 N–H and O–H groups in total. The Kier molecular flexibility index (Phi) is 6.80. The van der Waals surface area contributed by atoms with Gasteiger partial charge in [0, 0.05) is 23.2 Å². The first kappa shape index (κ1) is 14.4. The number of ether oxygens (including phenoxy) is 1. The monoisotopic (exact) mass is 323 g/mol. The van der Waals surface area contributed by atoms with Crippen molar-refractivity contribution < 1.29 is 4.74 Å². The summed E-state index contributed by atoms with van der Waals surface area (Å²) in [4.78, 5) is 1.31. The molecule has 0 saturated carbocycles. The fourth-order valence-corrected chi connectivity index (χ4v) is 3.79. The van der Waals surface area contributed by atoms with Crippen molar-refractivity contribution in [2.75, 3.05) is 19.1 Å². The molecule has 0 fully saturated rings. The summed E-state index contributed by atoms with van der Waals surface area (Å²) in [6.07, 6.45) is 3.32. The zero-order valence-corrected chi connectivity index (χ0v) is 13.1. The number of thioether (sulfide) groups is 1. The third kappa shape index (κ3) is 4.28. The molecule has 0 aliphatic rings. The summed E-state index contributed by atoms with van der Waals surface area (Å²) in [5.41, 5.74) is 0. The van der Waals surface area contributed by atoms with Gasteiger partial charge in [-0.2, -0.15) is 11.8 Å². The minimum absolute atomic E-state index is 0.599. The maximum atomic E-state index is 5.25. The molecule has 1 aromatic heterocycles. The van der Waals surface area contributed by atoms with E-state index in [1.165, 1.54) is 17.1 Å². The summed E-state index contributed by atoms with van der Waals surface area (Å²) in [6, 6.07) is 2.73. The van der Waals surface area contributed by atoms with Crippen molar-refractivity contribution in [3.8, 4) is 5.06 Å². The molecule has 1 aromatic rings. The van der Waals surface area contributed by atoms with Crippen LogP contribution in [0.2, 0.25) is 0 Å². The number of halogens is 1. The number of hydrogen-bond donors (Lipinski definition) is 1. The Morgan fingerprint density at radius 1 is 1.62 bits per heavy atom. The van der Waals surface area contributed by atoms with E-state index >= 15 is 0 Å². The van der Waals surface area contributed by atoms with Crippen LogP contribution in [-0.2, 0) is 6.54 Å².